The summed E-state index contributed by atoms with van der Waals surface area (Å²) in [6.45, 7) is 6.17. The highest BCUT2D eigenvalue weighted by Crippen LogP contribution is 2.29. The van der Waals surface area contributed by atoms with Gasteiger partial charge in [-0.25, -0.2) is 0 Å². The van der Waals surface area contributed by atoms with Gasteiger partial charge in [0.25, 0.3) is 0 Å². The Balaban J connectivity index is 1.87. The summed E-state index contributed by atoms with van der Waals surface area (Å²) >= 11 is 2.06. The van der Waals surface area contributed by atoms with Gasteiger partial charge in [0.15, 0.2) is 0 Å². The van der Waals surface area contributed by atoms with Crippen LogP contribution in [0.1, 0.15) is 12.8 Å². The molecule has 0 radical (unpaired) electrons. The average molecular weight is 230 g/mol. The van der Waals surface area contributed by atoms with Gasteiger partial charge in [-0.15, -0.1) is 0 Å². The molecule has 2 N–H and O–H groups in total. The minimum absolute atomic E-state index is 0.250. The Hall–Kier alpha value is 0.230. The normalized spacial score (nSPS) is 34.2. The average Bonchev–Trinajstić information content (AvgIpc) is 2.32. The number of rotatable bonds is 3. The second-order valence-electron chi connectivity index (χ2n) is 4.75. The summed E-state index contributed by atoms with van der Waals surface area (Å²) in [7, 11) is 0. The molecule has 88 valence electrons. The molecule has 15 heavy (non-hydrogen) atoms. The van der Waals surface area contributed by atoms with Gasteiger partial charge in [-0.3, -0.25) is 0 Å². The highest BCUT2D eigenvalue weighted by atomic mass is 32.2. The van der Waals surface area contributed by atoms with E-state index in [2.05, 4.69) is 16.7 Å². The SMILES string of the molecule is NCC1(CN2CCSCC2)CCCOC1. The molecule has 2 saturated heterocycles. The first-order valence-electron chi connectivity index (χ1n) is 5.93. The van der Waals surface area contributed by atoms with Gasteiger partial charge in [0.1, 0.15) is 0 Å². The Morgan fingerprint density at radius 1 is 1.33 bits per heavy atom. The van der Waals surface area contributed by atoms with Gasteiger partial charge < -0.3 is 15.4 Å². The van der Waals surface area contributed by atoms with Crippen LogP contribution in [0, 0.1) is 5.41 Å². The smallest absolute Gasteiger partial charge is 0.0546 e. The van der Waals surface area contributed by atoms with Crippen LogP contribution in [0.4, 0.5) is 0 Å². The van der Waals surface area contributed by atoms with E-state index in [0.29, 0.717) is 0 Å². The number of ether oxygens (including phenoxy) is 1. The van der Waals surface area contributed by atoms with Crippen LogP contribution in [0.2, 0.25) is 0 Å². The summed E-state index contributed by atoms with van der Waals surface area (Å²) in [5, 5.41) is 0. The molecular formula is C11H22N2OS. The van der Waals surface area contributed by atoms with Gasteiger partial charge in [-0.1, -0.05) is 0 Å². The fourth-order valence-corrected chi connectivity index (χ4v) is 3.47. The molecule has 2 aliphatic heterocycles. The Bertz CT molecular complexity index is 189. The second-order valence-corrected chi connectivity index (χ2v) is 5.97. The van der Waals surface area contributed by atoms with Crippen molar-refractivity contribution >= 4 is 11.8 Å². The van der Waals surface area contributed by atoms with Gasteiger partial charge in [-0.05, 0) is 12.8 Å². The van der Waals surface area contributed by atoms with Crippen molar-refractivity contribution in [3.63, 3.8) is 0 Å². The van der Waals surface area contributed by atoms with E-state index in [1.54, 1.807) is 0 Å². The lowest BCUT2D eigenvalue weighted by Crippen LogP contribution is -2.49. The minimum atomic E-state index is 0.250. The van der Waals surface area contributed by atoms with Crippen molar-refractivity contribution in [3.05, 3.63) is 0 Å². The lowest BCUT2D eigenvalue weighted by molar-refractivity contribution is -0.0204. The van der Waals surface area contributed by atoms with Crippen molar-refractivity contribution in [1.29, 1.82) is 0 Å². The second kappa shape index (κ2) is 5.53. The largest absolute Gasteiger partial charge is 0.381 e. The van der Waals surface area contributed by atoms with E-state index in [1.807, 2.05) is 0 Å². The number of nitrogens with zero attached hydrogens (tertiary/aromatic N) is 1. The Kier molecular flexibility index (Phi) is 4.31. The summed E-state index contributed by atoms with van der Waals surface area (Å²) in [5.74, 6) is 2.56. The molecule has 2 aliphatic rings. The molecule has 0 saturated carbocycles. The Morgan fingerprint density at radius 3 is 2.73 bits per heavy atom. The van der Waals surface area contributed by atoms with E-state index in [0.717, 1.165) is 26.3 Å². The fourth-order valence-electron chi connectivity index (χ4n) is 2.49. The van der Waals surface area contributed by atoms with E-state index < -0.39 is 0 Å². The first kappa shape index (κ1) is 11.7. The fraction of sp³-hybridized carbons (Fsp3) is 1.00. The monoisotopic (exact) mass is 230 g/mol. The van der Waals surface area contributed by atoms with Gasteiger partial charge in [-0.2, -0.15) is 11.8 Å². The van der Waals surface area contributed by atoms with E-state index in [1.165, 1.54) is 37.4 Å². The van der Waals surface area contributed by atoms with Crippen LogP contribution >= 0.6 is 11.8 Å². The predicted molar refractivity (Wildman–Crippen MR) is 65.3 cm³/mol. The van der Waals surface area contributed by atoms with Crippen LogP contribution in [0.15, 0.2) is 0 Å². The molecule has 2 rings (SSSR count). The molecule has 0 aliphatic carbocycles. The molecule has 2 fully saturated rings. The van der Waals surface area contributed by atoms with Crippen LogP contribution in [-0.2, 0) is 4.74 Å². The Morgan fingerprint density at radius 2 is 2.13 bits per heavy atom. The van der Waals surface area contributed by atoms with Crippen molar-refractivity contribution in [2.45, 2.75) is 12.8 Å². The third-order valence-corrected chi connectivity index (χ3v) is 4.44. The molecule has 2 heterocycles. The molecule has 3 nitrogen and oxygen atoms in total. The molecule has 0 aromatic heterocycles. The van der Waals surface area contributed by atoms with Crippen LogP contribution in [0.5, 0.6) is 0 Å². The van der Waals surface area contributed by atoms with E-state index >= 15 is 0 Å². The molecule has 4 heteroatoms. The third kappa shape index (κ3) is 3.09. The lowest BCUT2D eigenvalue weighted by Gasteiger charge is -2.41. The Labute approximate surface area is 96.7 Å². The zero-order valence-electron chi connectivity index (χ0n) is 9.41. The molecule has 0 spiro atoms. The lowest BCUT2D eigenvalue weighted by atomic mass is 9.82. The molecule has 0 aromatic rings. The first-order chi connectivity index (χ1) is 7.35. The highest BCUT2D eigenvalue weighted by Gasteiger charge is 2.33. The van der Waals surface area contributed by atoms with Gasteiger partial charge in [0.05, 0.1) is 6.61 Å². The number of hydrogen-bond donors (Lipinski definition) is 1. The standard InChI is InChI=1S/C11H22N2OS/c12-8-11(2-1-5-14-10-11)9-13-3-6-15-7-4-13/h1-10,12H2. The minimum Gasteiger partial charge on any atom is -0.381 e. The molecule has 1 unspecified atom stereocenters. The first-order valence-corrected chi connectivity index (χ1v) is 7.08. The summed E-state index contributed by atoms with van der Waals surface area (Å²) in [6, 6.07) is 0. The maximum absolute atomic E-state index is 5.94. The van der Waals surface area contributed by atoms with Gasteiger partial charge >= 0.3 is 0 Å². The summed E-state index contributed by atoms with van der Waals surface area (Å²) in [4.78, 5) is 2.57. The third-order valence-electron chi connectivity index (χ3n) is 3.50. The predicted octanol–water partition coefficient (Wildman–Crippen LogP) is 0.791. The summed E-state index contributed by atoms with van der Waals surface area (Å²) in [5.41, 5.74) is 6.19. The molecule has 1 atom stereocenters. The van der Waals surface area contributed by atoms with Crippen LogP contribution in [0.3, 0.4) is 0 Å². The van der Waals surface area contributed by atoms with E-state index in [9.17, 15) is 0 Å². The number of thioether (sulfide) groups is 1. The maximum Gasteiger partial charge on any atom is 0.0546 e. The van der Waals surface area contributed by atoms with Crippen molar-refractivity contribution in [3.8, 4) is 0 Å². The number of nitrogens with two attached hydrogens (primary N) is 1. The quantitative estimate of drug-likeness (QED) is 0.778. The highest BCUT2D eigenvalue weighted by molar-refractivity contribution is 7.99. The van der Waals surface area contributed by atoms with Crippen molar-refractivity contribution in [1.82, 2.24) is 4.90 Å². The van der Waals surface area contributed by atoms with Crippen LogP contribution in [0.25, 0.3) is 0 Å². The van der Waals surface area contributed by atoms with Crippen molar-refractivity contribution < 1.29 is 4.74 Å². The molecular weight excluding hydrogens is 208 g/mol. The molecule has 0 amide bonds. The van der Waals surface area contributed by atoms with E-state index in [4.69, 9.17) is 10.5 Å². The topological polar surface area (TPSA) is 38.5 Å². The molecule has 0 aromatic carbocycles. The van der Waals surface area contributed by atoms with Crippen LogP contribution in [-0.4, -0.2) is 55.8 Å². The zero-order chi connectivity index (χ0) is 10.6. The number of hydrogen-bond acceptors (Lipinski definition) is 4. The van der Waals surface area contributed by atoms with Gasteiger partial charge in [0, 0.05) is 49.7 Å². The van der Waals surface area contributed by atoms with Gasteiger partial charge in [0.2, 0.25) is 0 Å². The zero-order valence-corrected chi connectivity index (χ0v) is 10.2. The van der Waals surface area contributed by atoms with Crippen molar-refractivity contribution in [2.24, 2.45) is 11.1 Å². The van der Waals surface area contributed by atoms with Crippen LogP contribution < -0.4 is 5.73 Å². The summed E-state index contributed by atoms with van der Waals surface area (Å²) < 4.78 is 5.61. The molecule has 0 bridgehead atoms. The maximum atomic E-state index is 5.94. The summed E-state index contributed by atoms with van der Waals surface area (Å²) in [6.07, 6.45) is 2.42. The van der Waals surface area contributed by atoms with Crippen molar-refractivity contribution in [2.75, 3.05) is 50.9 Å². The van der Waals surface area contributed by atoms with E-state index in [-0.39, 0.29) is 5.41 Å².